The van der Waals surface area contributed by atoms with Gasteiger partial charge in [-0.25, -0.2) is 4.39 Å². The Morgan fingerprint density at radius 2 is 1.09 bits per heavy atom. The zero-order chi connectivity index (χ0) is 22.3. The van der Waals surface area contributed by atoms with Crippen molar-refractivity contribution >= 4 is 23.2 Å². The molecule has 8 heteroatoms. The van der Waals surface area contributed by atoms with Crippen LogP contribution in [0.4, 0.5) is 15.8 Å². The van der Waals surface area contributed by atoms with Gasteiger partial charge in [-0.3, -0.25) is 9.59 Å². The highest BCUT2D eigenvalue weighted by molar-refractivity contribution is 5.80. The molecule has 4 rings (SSSR count). The minimum Gasteiger partial charge on any atom is -0.368 e. The first-order valence-corrected chi connectivity index (χ1v) is 11.0. The van der Waals surface area contributed by atoms with Crippen molar-refractivity contribution in [2.24, 2.45) is 0 Å². The lowest BCUT2D eigenvalue weighted by molar-refractivity contribution is -0.142. The average molecular weight is 441 g/mol. The molecule has 0 atom stereocenters. The molecule has 2 saturated heterocycles. The van der Waals surface area contributed by atoms with Crippen LogP contribution in [0.5, 0.6) is 0 Å². The lowest BCUT2D eigenvalue weighted by Gasteiger charge is -2.36. The van der Waals surface area contributed by atoms with Crippen LogP contribution in [0, 0.1) is 5.82 Å². The molecule has 2 aromatic rings. The molecule has 0 bridgehead atoms. The quantitative estimate of drug-likeness (QED) is 0.686. The Kier molecular flexibility index (Phi) is 7.21. The molecule has 0 aromatic heterocycles. The summed E-state index contributed by atoms with van der Waals surface area (Å²) >= 11 is 0. The Bertz CT molecular complexity index is 893. The molecule has 2 aliphatic heterocycles. The van der Waals surface area contributed by atoms with Crippen molar-refractivity contribution in [1.82, 2.24) is 9.80 Å². The smallest absolute Gasteiger partial charge is 0.248 e. The van der Waals surface area contributed by atoms with Gasteiger partial charge >= 0.3 is 0 Å². The highest BCUT2D eigenvalue weighted by atomic mass is 19.1. The lowest BCUT2D eigenvalue weighted by atomic mass is 10.2. The maximum absolute atomic E-state index is 13.1. The van der Waals surface area contributed by atoms with E-state index in [0.29, 0.717) is 39.3 Å². The van der Waals surface area contributed by atoms with E-state index >= 15 is 0 Å². The number of hydrogen-bond acceptors (Lipinski definition) is 5. The van der Waals surface area contributed by atoms with Gasteiger partial charge in [0.1, 0.15) is 19.0 Å². The first kappa shape index (κ1) is 22.1. The van der Waals surface area contributed by atoms with Crippen molar-refractivity contribution in [3.8, 4) is 0 Å². The van der Waals surface area contributed by atoms with Gasteiger partial charge in [-0.1, -0.05) is 18.2 Å². The number of piperazine rings is 2. The normalized spacial score (nSPS) is 16.9. The first-order chi connectivity index (χ1) is 15.6. The Balaban J connectivity index is 1.14. The second kappa shape index (κ2) is 10.5. The number of amides is 2. The largest absolute Gasteiger partial charge is 0.368 e. The van der Waals surface area contributed by atoms with Crippen LogP contribution < -0.4 is 9.80 Å². The fraction of sp³-hybridized carbons (Fsp3) is 0.417. The summed E-state index contributed by atoms with van der Waals surface area (Å²) < 4.78 is 18.5. The van der Waals surface area contributed by atoms with Gasteiger partial charge in [-0.15, -0.1) is 0 Å². The van der Waals surface area contributed by atoms with E-state index in [4.69, 9.17) is 4.74 Å². The summed E-state index contributed by atoms with van der Waals surface area (Å²) in [5.41, 5.74) is 2.12. The molecular formula is C24H29FN4O3. The van der Waals surface area contributed by atoms with Crippen molar-refractivity contribution in [1.29, 1.82) is 0 Å². The van der Waals surface area contributed by atoms with Gasteiger partial charge in [0.15, 0.2) is 0 Å². The number of anilines is 2. The molecule has 7 nitrogen and oxygen atoms in total. The van der Waals surface area contributed by atoms with Crippen LogP contribution >= 0.6 is 0 Å². The van der Waals surface area contributed by atoms with Gasteiger partial charge in [-0.05, 0) is 36.4 Å². The molecule has 2 amide bonds. The van der Waals surface area contributed by atoms with E-state index < -0.39 is 0 Å². The molecule has 2 heterocycles. The Hall–Kier alpha value is -3.13. The predicted molar refractivity (Wildman–Crippen MR) is 121 cm³/mol. The van der Waals surface area contributed by atoms with Crippen LogP contribution in [-0.2, 0) is 14.3 Å². The summed E-state index contributed by atoms with van der Waals surface area (Å²) in [4.78, 5) is 32.8. The van der Waals surface area contributed by atoms with Gasteiger partial charge in [-0.2, -0.15) is 0 Å². The van der Waals surface area contributed by atoms with Crippen molar-refractivity contribution in [2.75, 3.05) is 75.4 Å². The van der Waals surface area contributed by atoms with Gasteiger partial charge in [0.2, 0.25) is 11.8 Å². The van der Waals surface area contributed by atoms with Crippen molar-refractivity contribution in [2.45, 2.75) is 0 Å². The molecule has 170 valence electrons. The van der Waals surface area contributed by atoms with Gasteiger partial charge in [0.25, 0.3) is 0 Å². The number of rotatable bonds is 6. The highest BCUT2D eigenvalue weighted by Crippen LogP contribution is 2.17. The van der Waals surface area contributed by atoms with E-state index in [1.807, 2.05) is 18.2 Å². The van der Waals surface area contributed by atoms with E-state index in [9.17, 15) is 14.0 Å². The number of para-hydroxylation sites is 1. The summed E-state index contributed by atoms with van der Waals surface area (Å²) in [5, 5.41) is 0. The molecule has 0 radical (unpaired) electrons. The van der Waals surface area contributed by atoms with Crippen molar-refractivity contribution in [3.05, 3.63) is 60.4 Å². The summed E-state index contributed by atoms with van der Waals surface area (Å²) in [6.45, 7) is 5.22. The second-order valence-electron chi connectivity index (χ2n) is 8.04. The minimum atomic E-state index is -0.257. The molecular weight excluding hydrogens is 411 g/mol. The summed E-state index contributed by atoms with van der Waals surface area (Å²) in [6.07, 6.45) is 0. The summed E-state index contributed by atoms with van der Waals surface area (Å²) in [6, 6.07) is 16.6. The minimum absolute atomic E-state index is 0.0768. The van der Waals surface area contributed by atoms with Crippen LogP contribution in [0.15, 0.2) is 54.6 Å². The fourth-order valence-electron chi connectivity index (χ4n) is 4.13. The lowest BCUT2D eigenvalue weighted by Crippen LogP contribution is -2.51. The number of nitrogens with zero attached hydrogens (tertiary/aromatic N) is 4. The molecule has 2 fully saturated rings. The standard InChI is InChI=1S/C24H29FN4O3/c25-20-6-8-22(9-7-20)27-12-16-29(17-13-27)24(31)19-32-18-23(30)28-14-10-26(11-15-28)21-4-2-1-3-5-21/h1-9H,10-19H2. The number of hydrogen-bond donors (Lipinski definition) is 0. The third-order valence-electron chi connectivity index (χ3n) is 6.03. The molecule has 0 unspecified atom stereocenters. The highest BCUT2D eigenvalue weighted by Gasteiger charge is 2.24. The molecule has 2 aromatic carbocycles. The third kappa shape index (κ3) is 5.56. The first-order valence-electron chi connectivity index (χ1n) is 11.0. The molecule has 0 N–H and O–H groups in total. The molecule has 0 spiro atoms. The van der Waals surface area contributed by atoms with Crippen LogP contribution in [0.1, 0.15) is 0 Å². The zero-order valence-electron chi connectivity index (χ0n) is 18.2. The maximum Gasteiger partial charge on any atom is 0.248 e. The summed E-state index contributed by atoms with van der Waals surface area (Å²) in [5.74, 6) is -0.440. The van der Waals surface area contributed by atoms with E-state index in [-0.39, 0.29) is 30.8 Å². The second-order valence-corrected chi connectivity index (χ2v) is 8.04. The number of carbonyl (C=O) groups is 2. The van der Waals surface area contributed by atoms with Crippen LogP contribution in [0.25, 0.3) is 0 Å². The van der Waals surface area contributed by atoms with Gasteiger partial charge < -0.3 is 24.3 Å². The SMILES string of the molecule is O=C(COCC(=O)N1CCN(c2ccc(F)cc2)CC1)N1CCN(c2ccccc2)CC1. The zero-order valence-corrected chi connectivity index (χ0v) is 18.2. The molecule has 0 saturated carbocycles. The van der Waals surface area contributed by atoms with E-state index in [0.717, 1.165) is 18.8 Å². The van der Waals surface area contributed by atoms with Crippen LogP contribution in [0.3, 0.4) is 0 Å². The van der Waals surface area contributed by atoms with E-state index in [2.05, 4.69) is 21.9 Å². The molecule has 32 heavy (non-hydrogen) atoms. The van der Waals surface area contributed by atoms with Crippen molar-refractivity contribution < 1.29 is 18.7 Å². The number of ether oxygens (including phenoxy) is 1. The van der Waals surface area contributed by atoms with E-state index in [1.54, 1.807) is 21.9 Å². The Morgan fingerprint density at radius 1 is 0.656 bits per heavy atom. The molecule has 0 aliphatic carbocycles. The third-order valence-corrected chi connectivity index (χ3v) is 6.03. The van der Waals surface area contributed by atoms with Crippen LogP contribution in [-0.4, -0.2) is 87.2 Å². The number of carbonyl (C=O) groups excluding carboxylic acids is 2. The number of halogens is 1. The van der Waals surface area contributed by atoms with Crippen molar-refractivity contribution in [3.63, 3.8) is 0 Å². The Morgan fingerprint density at radius 3 is 1.56 bits per heavy atom. The maximum atomic E-state index is 13.1. The number of benzene rings is 2. The van der Waals surface area contributed by atoms with Crippen LogP contribution in [0.2, 0.25) is 0 Å². The van der Waals surface area contributed by atoms with Gasteiger partial charge in [0.05, 0.1) is 0 Å². The van der Waals surface area contributed by atoms with Gasteiger partial charge in [0, 0.05) is 63.7 Å². The monoisotopic (exact) mass is 440 g/mol. The average Bonchev–Trinajstić information content (AvgIpc) is 2.85. The van der Waals surface area contributed by atoms with E-state index in [1.165, 1.54) is 17.8 Å². The topological polar surface area (TPSA) is 56.3 Å². The predicted octanol–water partition coefficient (Wildman–Crippen LogP) is 1.84. The Labute approximate surface area is 187 Å². The fourth-order valence-corrected chi connectivity index (χ4v) is 4.13. The summed E-state index contributed by atoms with van der Waals surface area (Å²) in [7, 11) is 0. The molecule has 2 aliphatic rings.